The van der Waals surface area contributed by atoms with Crippen molar-refractivity contribution in [3.05, 3.63) is 58.7 Å². The van der Waals surface area contributed by atoms with Crippen LogP contribution < -0.4 is 5.30 Å². The SMILES string of the molecule is C\C=C/C(=C\C=C\Cl)Cc1c(O)ccc(P)c1C. The highest BCUT2D eigenvalue weighted by atomic mass is 35.5. The molecule has 1 N–H and O–H groups in total. The molecule has 0 aromatic heterocycles. The lowest BCUT2D eigenvalue weighted by Crippen LogP contribution is -2.03. The van der Waals surface area contributed by atoms with E-state index in [1.807, 2.05) is 38.1 Å². The van der Waals surface area contributed by atoms with Crippen LogP contribution in [-0.2, 0) is 6.42 Å². The molecule has 0 aliphatic carbocycles. The number of rotatable bonds is 4. The molecule has 3 heteroatoms. The fraction of sp³-hybridized carbons (Fsp3) is 0.200. The van der Waals surface area contributed by atoms with Crippen molar-refractivity contribution in [2.45, 2.75) is 20.3 Å². The highest BCUT2D eigenvalue weighted by molar-refractivity contribution is 7.27. The molecule has 1 atom stereocenters. The largest absolute Gasteiger partial charge is 0.508 e. The van der Waals surface area contributed by atoms with Gasteiger partial charge in [-0.3, -0.25) is 0 Å². The van der Waals surface area contributed by atoms with Crippen molar-refractivity contribution in [1.82, 2.24) is 0 Å². The topological polar surface area (TPSA) is 20.2 Å². The van der Waals surface area contributed by atoms with E-state index in [9.17, 15) is 5.11 Å². The number of allylic oxidation sites excluding steroid dienone is 5. The number of hydrogen-bond acceptors (Lipinski definition) is 1. The Kier molecular flexibility index (Phi) is 6.18. The van der Waals surface area contributed by atoms with Gasteiger partial charge in [-0.25, -0.2) is 0 Å². The van der Waals surface area contributed by atoms with Crippen molar-refractivity contribution in [2.75, 3.05) is 0 Å². The second-order valence-corrected chi connectivity index (χ2v) is 4.89. The number of phenols is 1. The van der Waals surface area contributed by atoms with Gasteiger partial charge in [0.15, 0.2) is 0 Å². The molecule has 96 valence electrons. The summed E-state index contributed by atoms with van der Waals surface area (Å²) >= 11 is 5.53. The van der Waals surface area contributed by atoms with Gasteiger partial charge in [0.1, 0.15) is 5.75 Å². The normalized spacial score (nSPS) is 12.8. The Morgan fingerprint density at radius 1 is 1.44 bits per heavy atom. The van der Waals surface area contributed by atoms with Crippen molar-refractivity contribution >= 4 is 26.1 Å². The lowest BCUT2D eigenvalue weighted by atomic mass is 9.99. The average molecular weight is 281 g/mol. The van der Waals surface area contributed by atoms with E-state index in [1.54, 1.807) is 12.1 Å². The standard InChI is InChI=1S/C15H18ClOP/c1-3-5-12(6-4-9-16)10-13-11(2)15(18)8-7-14(13)17/h3-9,17H,10,18H2,1-2H3/b5-3-,9-4+,12-6+. The molecule has 0 bridgehead atoms. The fourth-order valence-electron chi connectivity index (χ4n) is 1.74. The maximum absolute atomic E-state index is 9.95. The maximum atomic E-state index is 9.95. The molecular formula is C15H18ClOP. The van der Waals surface area contributed by atoms with Crippen LogP contribution in [0.25, 0.3) is 0 Å². The van der Waals surface area contributed by atoms with Gasteiger partial charge in [-0.1, -0.05) is 42.0 Å². The third-order valence-corrected chi connectivity index (χ3v) is 3.53. The van der Waals surface area contributed by atoms with Crippen LogP contribution in [0.5, 0.6) is 5.75 Å². The van der Waals surface area contributed by atoms with Gasteiger partial charge in [-0.05, 0) is 36.4 Å². The minimum atomic E-state index is 0.337. The Labute approximate surface area is 116 Å². The van der Waals surface area contributed by atoms with Crippen LogP contribution in [0.1, 0.15) is 18.1 Å². The molecule has 0 fully saturated rings. The maximum Gasteiger partial charge on any atom is 0.119 e. The molecule has 0 radical (unpaired) electrons. The number of phenolic OH excluding ortho intramolecular Hbond substituents is 1. The minimum Gasteiger partial charge on any atom is -0.508 e. The van der Waals surface area contributed by atoms with E-state index in [4.69, 9.17) is 11.6 Å². The smallest absolute Gasteiger partial charge is 0.119 e. The molecule has 0 saturated heterocycles. The molecule has 0 amide bonds. The van der Waals surface area contributed by atoms with Gasteiger partial charge in [-0.15, -0.1) is 9.24 Å². The molecule has 0 heterocycles. The fourth-order valence-corrected chi connectivity index (χ4v) is 2.08. The summed E-state index contributed by atoms with van der Waals surface area (Å²) in [6.45, 7) is 3.99. The van der Waals surface area contributed by atoms with Crippen molar-refractivity contribution in [3.8, 4) is 5.75 Å². The van der Waals surface area contributed by atoms with Gasteiger partial charge in [-0.2, -0.15) is 0 Å². The zero-order chi connectivity index (χ0) is 13.5. The highest BCUT2D eigenvalue weighted by Gasteiger charge is 2.08. The van der Waals surface area contributed by atoms with Gasteiger partial charge < -0.3 is 5.11 Å². The Morgan fingerprint density at radius 2 is 2.17 bits per heavy atom. The van der Waals surface area contributed by atoms with Crippen LogP contribution >= 0.6 is 20.8 Å². The zero-order valence-electron chi connectivity index (χ0n) is 10.7. The summed E-state index contributed by atoms with van der Waals surface area (Å²) in [6, 6.07) is 3.63. The van der Waals surface area contributed by atoms with Crippen molar-refractivity contribution in [1.29, 1.82) is 0 Å². The van der Waals surface area contributed by atoms with Crippen LogP contribution in [0.2, 0.25) is 0 Å². The van der Waals surface area contributed by atoms with Gasteiger partial charge in [0.25, 0.3) is 0 Å². The van der Waals surface area contributed by atoms with Crippen LogP contribution in [0.3, 0.4) is 0 Å². The third-order valence-electron chi connectivity index (χ3n) is 2.76. The van der Waals surface area contributed by atoms with Crippen molar-refractivity contribution in [3.63, 3.8) is 0 Å². The van der Waals surface area contributed by atoms with Crippen molar-refractivity contribution < 1.29 is 5.11 Å². The Morgan fingerprint density at radius 3 is 2.78 bits per heavy atom. The second-order valence-electron chi connectivity index (χ2n) is 4.01. The third kappa shape index (κ3) is 4.01. The van der Waals surface area contributed by atoms with Crippen LogP contribution in [-0.4, -0.2) is 5.11 Å². The van der Waals surface area contributed by atoms with E-state index in [-0.39, 0.29) is 0 Å². The lowest BCUT2D eigenvalue weighted by molar-refractivity contribution is 0.469. The molecule has 0 aliphatic rings. The number of benzene rings is 1. The summed E-state index contributed by atoms with van der Waals surface area (Å²) in [6.07, 6.45) is 8.41. The van der Waals surface area contributed by atoms with Crippen molar-refractivity contribution in [2.24, 2.45) is 0 Å². The summed E-state index contributed by atoms with van der Waals surface area (Å²) in [5.41, 5.74) is 4.63. The van der Waals surface area contributed by atoms with Gasteiger partial charge in [0, 0.05) is 17.5 Å². The first-order valence-electron chi connectivity index (χ1n) is 5.75. The minimum absolute atomic E-state index is 0.337. The van der Waals surface area contributed by atoms with E-state index < -0.39 is 0 Å². The molecule has 1 unspecified atom stereocenters. The Balaban J connectivity index is 3.12. The average Bonchev–Trinajstić information content (AvgIpc) is 2.36. The zero-order valence-corrected chi connectivity index (χ0v) is 12.6. The lowest BCUT2D eigenvalue weighted by Gasteiger charge is -2.11. The van der Waals surface area contributed by atoms with Gasteiger partial charge in [0.2, 0.25) is 0 Å². The molecule has 0 spiro atoms. The molecule has 1 aromatic carbocycles. The molecule has 0 aliphatic heterocycles. The van der Waals surface area contributed by atoms with E-state index >= 15 is 0 Å². The first-order chi connectivity index (χ1) is 8.60. The number of halogens is 1. The van der Waals surface area contributed by atoms with E-state index in [0.717, 1.165) is 22.0 Å². The molecular weight excluding hydrogens is 263 g/mol. The number of aromatic hydroxyl groups is 1. The van der Waals surface area contributed by atoms with E-state index in [2.05, 4.69) is 9.24 Å². The predicted octanol–water partition coefficient (Wildman–Crippen LogP) is 4.00. The van der Waals surface area contributed by atoms with Crippen LogP contribution in [0.4, 0.5) is 0 Å². The van der Waals surface area contributed by atoms with E-state index in [1.165, 1.54) is 5.54 Å². The Bertz CT molecular complexity index is 501. The predicted molar refractivity (Wildman–Crippen MR) is 83.8 cm³/mol. The van der Waals surface area contributed by atoms with Crippen LogP contribution in [0, 0.1) is 6.92 Å². The van der Waals surface area contributed by atoms with Gasteiger partial charge in [0.05, 0.1) is 0 Å². The van der Waals surface area contributed by atoms with E-state index in [0.29, 0.717) is 12.2 Å². The molecule has 1 rings (SSSR count). The molecule has 1 nitrogen and oxygen atoms in total. The molecule has 1 aromatic rings. The highest BCUT2D eigenvalue weighted by Crippen LogP contribution is 2.24. The molecule has 18 heavy (non-hydrogen) atoms. The second kappa shape index (κ2) is 7.41. The summed E-state index contributed by atoms with van der Waals surface area (Å²) < 4.78 is 0. The first kappa shape index (κ1) is 15.0. The summed E-state index contributed by atoms with van der Waals surface area (Å²) in [5, 5.41) is 11.1. The quantitative estimate of drug-likeness (QED) is 0.653. The first-order valence-corrected chi connectivity index (χ1v) is 6.77. The van der Waals surface area contributed by atoms with Gasteiger partial charge >= 0.3 is 0 Å². The monoisotopic (exact) mass is 280 g/mol. The summed E-state index contributed by atoms with van der Waals surface area (Å²) in [5.74, 6) is 0.337. The number of hydrogen-bond donors (Lipinski definition) is 1. The van der Waals surface area contributed by atoms with Crippen LogP contribution in [0.15, 0.2) is 47.5 Å². The summed E-state index contributed by atoms with van der Waals surface area (Å²) in [4.78, 5) is 0. The summed E-state index contributed by atoms with van der Waals surface area (Å²) in [7, 11) is 2.69. The molecule has 0 saturated carbocycles. The Hall–Kier alpha value is -1.04.